The number of halogens is 2. The van der Waals surface area contributed by atoms with E-state index in [4.69, 9.17) is 14.2 Å². The molecule has 0 spiro atoms. The smallest absolute Gasteiger partial charge is 0.408 e. The van der Waals surface area contributed by atoms with Gasteiger partial charge >= 0.3 is 6.09 Å². The minimum atomic E-state index is -4.10. The molecular formula is C42H57F2N5O10S. The Labute approximate surface area is 349 Å². The fourth-order valence-corrected chi connectivity index (χ4v) is 9.82. The highest BCUT2D eigenvalue weighted by atomic mass is 32.2. The molecule has 3 N–H and O–H groups in total. The number of hydrogen-bond donors (Lipinski definition) is 3. The number of alkyl halides is 2. The molecule has 15 nitrogen and oxygen atoms in total. The van der Waals surface area contributed by atoms with Gasteiger partial charge in [-0.3, -0.25) is 24.0 Å². The summed E-state index contributed by atoms with van der Waals surface area (Å²) in [6.45, 7) is 7.71. The lowest BCUT2D eigenvalue weighted by molar-refractivity contribution is -0.157. The lowest BCUT2D eigenvalue weighted by Gasteiger charge is -2.47. The van der Waals surface area contributed by atoms with E-state index in [1.807, 2.05) is 13.0 Å². The van der Waals surface area contributed by atoms with E-state index >= 15 is 13.6 Å². The van der Waals surface area contributed by atoms with Crippen molar-refractivity contribution in [3.05, 3.63) is 36.4 Å². The Kier molecular flexibility index (Phi) is 12.1. The van der Waals surface area contributed by atoms with Crippen molar-refractivity contribution in [2.24, 2.45) is 17.8 Å². The number of carbonyl (C=O) groups excluding carboxylic acids is 3. The van der Waals surface area contributed by atoms with E-state index in [2.05, 4.69) is 15.0 Å². The van der Waals surface area contributed by atoms with Crippen molar-refractivity contribution >= 4 is 44.6 Å². The van der Waals surface area contributed by atoms with Crippen LogP contribution in [-0.4, -0.2) is 113 Å². The summed E-state index contributed by atoms with van der Waals surface area (Å²) in [5.41, 5.74) is -4.06. The SMILES string of the molecule is CC[C@@H]1C[C@H](C)CC/C=C\[C@@H]2C[C@@]2(C(=O)NS(=O)(=O)C2(C)CC2)NC(=O)[C@@H]2C[C@@H](Oc3nc(OC)cc4cc(OC)ccc34)CN2C(=O)[C@H]1N(C(=O)O)C(C)(C)C(C)(F)F. The minimum absolute atomic E-state index is 0.0831. The van der Waals surface area contributed by atoms with Crippen molar-refractivity contribution in [2.45, 2.75) is 133 Å². The summed E-state index contributed by atoms with van der Waals surface area (Å²) < 4.78 is 75.9. The van der Waals surface area contributed by atoms with Gasteiger partial charge in [-0.1, -0.05) is 32.4 Å². The van der Waals surface area contributed by atoms with E-state index in [1.54, 1.807) is 37.3 Å². The topological polar surface area (TPSA) is 194 Å². The predicted molar refractivity (Wildman–Crippen MR) is 217 cm³/mol. The second-order valence-electron chi connectivity index (χ2n) is 17.8. The second-order valence-corrected chi connectivity index (χ2v) is 20.0. The van der Waals surface area contributed by atoms with Crippen LogP contribution in [0.4, 0.5) is 13.6 Å². The maximum atomic E-state index is 15.5. The number of methoxy groups -OCH3 is 2. The molecule has 2 saturated carbocycles. The lowest BCUT2D eigenvalue weighted by atomic mass is 9.81. The van der Waals surface area contributed by atoms with Gasteiger partial charge in [-0.25, -0.2) is 22.0 Å². The van der Waals surface area contributed by atoms with E-state index in [1.165, 1.54) is 21.1 Å². The van der Waals surface area contributed by atoms with E-state index < -0.39 is 85.6 Å². The first-order valence-electron chi connectivity index (χ1n) is 20.5. The molecule has 3 fully saturated rings. The molecule has 1 aromatic heterocycles. The standard InChI is InChI=1S/C42H57F2N5O10S/c1-9-25-18-24(2)12-10-11-13-27-22-42(27,37(52)47-60(55,56)40(5)16-17-40)46-34(50)31-21-29(59-35-30-15-14-28(57-7)19-26(30)20-32(45-35)58-8)23-48(31)36(51)33(25)49(38(53)54)39(3,4)41(6,43)44/h11,13-15,19-20,24-25,27,29,31,33H,9-10,12,16-18,21-23H2,1-8H3,(H,46,50)(H,47,52)(H,53,54)/b13-11-/t24-,25-,27-,29-,31+,33+,42-/m1/s1. The number of hydrogen-bond acceptors (Lipinski definition) is 10. The third-order valence-corrected chi connectivity index (χ3v) is 15.4. The molecule has 3 heterocycles. The number of nitrogens with zero attached hydrogens (tertiary/aromatic N) is 3. The number of amides is 4. The number of sulfonamides is 1. The van der Waals surface area contributed by atoms with E-state index in [-0.39, 0.29) is 43.5 Å². The Bertz CT molecular complexity index is 2150. The zero-order valence-electron chi connectivity index (χ0n) is 35.4. The van der Waals surface area contributed by atoms with Gasteiger partial charge in [-0.2, -0.15) is 4.98 Å². The van der Waals surface area contributed by atoms with Crippen molar-refractivity contribution in [3.8, 4) is 17.5 Å². The molecule has 0 radical (unpaired) electrons. The number of rotatable bonds is 11. The molecule has 4 aliphatic rings. The van der Waals surface area contributed by atoms with Gasteiger partial charge in [0.1, 0.15) is 35.0 Å². The molecular weight excluding hydrogens is 805 g/mol. The summed E-state index contributed by atoms with van der Waals surface area (Å²) in [6, 6.07) is 3.79. The van der Waals surface area contributed by atoms with Crippen molar-refractivity contribution < 1.29 is 55.7 Å². The Morgan fingerprint density at radius 3 is 2.42 bits per heavy atom. The Hall–Kier alpha value is -4.74. The second kappa shape index (κ2) is 16.3. The molecule has 60 heavy (non-hydrogen) atoms. The van der Waals surface area contributed by atoms with Gasteiger partial charge in [0.05, 0.1) is 25.5 Å². The normalized spacial score (nSPS) is 28.9. The summed E-state index contributed by atoms with van der Waals surface area (Å²) in [6.07, 6.45) is 3.25. The van der Waals surface area contributed by atoms with Crippen LogP contribution in [0.1, 0.15) is 92.9 Å². The number of benzene rings is 1. The molecule has 1 saturated heterocycles. The predicted octanol–water partition coefficient (Wildman–Crippen LogP) is 5.66. The Balaban J connectivity index is 1.45. The molecule has 0 unspecified atom stereocenters. The summed E-state index contributed by atoms with van der Waals surface area (Å²) in [7, 11) is -1.16. The minimum Gasteiger partial charge on any atom is -0.497 e. The van der Waals surface area contributed by atoms with Gasteiger partial charge in [-0.15, -0.1) is 0 Å². The molecule has 0 bridgehead atoms. The highest BCUT2D eigenvalue weighted by Crippen LogP contribution is 2.48. The molecule has 2 aliphatic heterocycles. The van der Waals surface area contributed by atoms with Crippen LogP contribution in [0.5, 0.6) is 17.5 Å². The highest BCUT2D eigenvalue weighted by molar-refractivity contribution is 7.91. The number of nitrogens with one attached hydrogen (secondary N) is 2. The van der Waals surface area contributed by atoms with Crippen LogP contribution >= 0.6 is 0 Å². The highest BCUT2D eigenvalue weighted by Gasteiger charge is 2.63. The number of carbonyl (C=O) groups is 4. The average molecular weight is 862 g/mol. The van der Waals surface area contributed by atoms with Crippen LogP contribution in [-0.2, 0) is 24.4 Å². The first kappa shape index (κ1) is 44.8. The molecule has 7 atom stereocenters. The van der Waals surface area contributed by atoms with Crippen LogP contribution in [0.2, 0.25) is 0 Å². The summed E-state index contributed by atoms with van der Waals surface area (Å²) in [4.78, 5) is 63.5. The quantitative estimate of drug-likeness (QED) is 0.236. The zero-order chi connectivity index (χ0) is 44.2. The van der Waals surface area contributed by atoms with E-state index in [0.29, 0.717) is 60.4 Å². The molecule has 2 aromatic rings. The molecule has 1 aromatic carbocycles. The van der Waals surface area contributed by atoms with Gasteiger partial charge in [0.2, 0.25) is 33.6 Å². The fourth-order valence-electron chi connectivity index (χ4n) is 8.51. The summed E-state index contributed by atoms with van der Waals surface area (Å²) in [5, 5.41) is 14.7. The van der Waals surface area contributed by atoms with Gasteiger partial charge in [0.15, 0.2) is 0 Å². The molecule has 2 aliphatic carbocycles. The van der Waals surface area contributed by atoms with Crippen LogP contribution in [0.25, 0.3) is 10.8 Å². The zero-order valence-corrected chi connectivity index (χ0v) is 36.2. The van der Waals surface area contributed by atoms with E-state index in [0.717, 1.165) is 18.7 Å². The van der Waals surface area contributed by atoms with E-state index in [9.17, 15) is 27.9 Å². The van der Waals surface area contributed by atoms with Crippen LogP contribution in [0.15, 0.2) is 36.4 Å². The largest absolute Gasteiger partial charge is 0.497 e. The molecule has 4 amide bonds. The maximum absolute atomic E-state index is 15.5. The average Bonchev–Trinajstić information content (AvgIpc) is 4.06. The van der Waals surface area contributed by atoms with Gasteiger partial charge in [0, 0.05) is 30.7 Å². The monoisotopic (exact) mass is 861 g/mol. The molecule has 6 rings (SSSR count). The van der Waals surface area contributed by atoms with Crippen LogP contribution in [0, 0.1) is 17.8 Å². The van der Waals surface area contributed by atoms with Crippen molar-refractivity contribution in [1.82, 2.24) is 24.8 Å². The summed E-state index contributed by atoms with van der Waals surface area (Å²) in [5.74, 6) is -6.78. The maximum Gasteiger partial charge on any atom is 0.408 e. The number of allylic oxidation sites excluding steroid dienone is 1. The number of aromatic nitrogens is 1. The molecule has 330 valence electrons. The van der Waals surface area contributed by atoms with Gasteiger partial charge < -0.3 is 29.5 Å². The third kappa shape index (κ3) is 8.44. The summed E-state index contributed by atoms with van der Waals surface area (Å²) >= 11 is 0. The van der Waals surface area contributed by atoms with Crippen molar-refractivity contribution in [1.29, 1.82) is 0 Å². The Morgan fingerprint density at radius 1 is 1.12 bits per heavy atom. The van der Waals surface area contributed by atoms with Gasteiger partial charge in [0.25, 0.3) is 11.8 Å². The van der Waals surface area contributed by atoms with Gasteiger partial charge in [-0.05, 0) is 94.7 Å². The third-order valence-electron chi connectivity index (χ3n) is 13.2. The number of pyridine rings is 1. The number of carboxylic acid groups (broad SMARTS) is 1. The van der Waals surface area contributed by atoms with Crippen molar-refractivity contribution in [3.63, 3.8) is 0 Å². The van der Waals surface area contributed by atoms with Crippen LogP contribution < -0.4 is 24.2 Å². The lowest BCUT2D eigenvalue weighted by Crippen LogP contribution is -2.67. The fraction of sp³-hybridized carbons (Fsp3) is 0.643. The first-order valence-corrected chi connectivity index (χ1v) is 22.0. The number of fused-ring (bicyclic) bond motifs is 3. The Morgan fingerprint density at radius 2 is 1.82 bits per heavy atom. The first-order chi connectivity index (χ1) is 28.0. The molecule has 18 heteroatoms. The number of ether oxygens (including phenoxy) is 3. The van der Waals surface area contributed by atoms with Crippen LogP contribution in [0.3, 0.4) is 0 Å². The van der Waals surface area contributed by atoms with Crippen molar-refractivity contribution in [2.75, 3.05) is 20.8 Å².